The summed E-state index contributed by atoms with van der Waals surface area (Å²) in [5.41, 5.74) is -1.70. The lowest BCUT2D eigenvalue weighted by Gasteiger charge is -2.51. The van der Waals surface area contributed by atoms with E-state index < -0.39 is 28.7 Å². The summed E-state index contributed by atoms with van der Waals surface area (Å²) in [6.07, 6.45) is 4.64. The molecule has 0 amide bonds. The van der Waals surface area contributed by atoms with E-state index in [4.69, 9.17) is 29.3 Å². The predicted octanol–water partition coefficient (Wildman–Crippen LogP) is 7.31. The van der Waals surface area contributed by atoms with E-state index in [1.807, 2.05) is 48.5 Å². The van der Waals surface area contributed by atoms with E-state index in [0.717, 1.165) is 32.1 Å². The third-order valence-electron chi connectivity index (χ3n) is 5.53. The maximum absolute atomic E-state index is 6.19. The third kappa shape index (κ3) is 9.26. The molecule has 1 aliphatic rings. The molecule has 0 aromatic carbocycles. The highest BCUT2D eigenvalue weighted by Crippen LogP contribution is 2.49. The minimum absolute atomic E-state index is 0.292. The van der Waals surface area contributed by atoms with Crippen LogP contribution >= 0.6 is 0 Å². The predicted molar refractivity (Wildman–Crippen MR) is 123 cm³/mol. The van der Waals surface area contributed by atoms with E-state index >= 15 is 0 Å². The summed E-state index contributed by atoms with van der Waals surface area (Å²) in [6, 6.07) is 0. The Bertz CT molecular complexity index is 513. The van der Waals surface area contributed by atoms with Crippen molar-refractivity contribution in [3.8, 4) is 0 Å². The first kappa shape index (κ1) is 28.8. The van der Waals surface area contributed by atoms with Crippen LogP contribution in [0.5, 0.6) is 0 Å². The zero-order valence-electron chi connectivity index (χ0n) is 22.3. The van der Waals surface area contributed by atoms with Crippen molar-refractivity contribution in [1.29, 1.82) is 0 Å². The van der Waals surface area contributed by atoms with Gasteiger partial charge in [-0.25, -0.2) is 19.6 Å². The van der Waals surface area contributed by atoms with Gasteiger partial charge in [-0.3, -0.25) is 0 Å². The highest BCUT2D eigenvalue weighted by atomic mass is 17.3. The van der Waals surface area contributed by atoms with Crippen molar-refractivity contribution in [2.75, 3.05) is 0 Å². The van der Waals surface area contributed by atoms with Crippen molar-refractivity contribution in [1.82, 2.24) is 0 Å². The largest absolute Gasteiger partial charge is 0.263 e. The van der Waals surface area contributed by atoms with Crippen molar-refractivity contribution < 1.29 is 29.3 Å². The summed E-state index contributed by atoms with van der Waals surface area (Å²) in [6.45, 7) is 24.7. The highest BCUT2D eigenvalue weighted by Gasteiger charge is 2.59. The van der Waals surface area contributed by atoms with Crippen molar-refractivity contribution in [2.24, 2.45) is 11.3 Å². The van der Waals surface area contributed by atoms with E-state index in [1.54, 1.807) is 0 Å². The van der Waals surface area contributed by atoms with Crippen LogP contribution in [0.1, 0.15) is 122 Å². The summed E-state index contributed by atoms with van der Waals surface area (Å²) < 4.78 is 0. The number of rotatable bonds is 12. The highest BCUT2D eigenvalue weighted by molar-refractivity contribution is 4.97. The van der Waals surface area contributed by atoms with Crippen molar-refractivity contribution >= 4 is 0 Å². The van der Waals surface area contributed by atoms with Crippen LogP contribution < -0.4 is 0 Å². The molecule has 1 saturated carbocycles. The van der Waals surface area contributed by atoms with E-state index in [9.17, 15) is 0 Å². The molecule has 0 radical (unpaired) electrons. The fraction of sp³-hybridized carbons (Fsp3) is 1.00. The van der Waals surface area contributed by atoms with Crippen LogP contribution in [0.2, 0.25) is 0 Å². The van der Waals surface area contributed by atoms with Gasteiger partial charge in [0.2, 0.25) is 0 Å². The maximum Gasteiger partial charge on any atom is 0.263 e. The second-order valence-corrected chi connectivity index (χ2v) is 12.3. The summed E-state index contributed by atoms with van der Waals surface area (Å²) in [5, 5.41) is 0. The Morgan fingerprint density at radius 1 is 0.742 bits per heavy atom. The van der Waals surface area contributed by atoms with Crippen LogP contribution in [0.25, 0.3) is 0 Å². The van der Waals surface area contributed by atoms with Gasteiger partial charge in [0.1, 0.15) is 0 Å². The minimum atomic E-state index is -1.26. The molecule has 1 aliphatic carbocycles. The molecule has 0 aromatic rings. The minimum Gasteiger partial charge on any atom is -0.230 e. The average molecular weight is 447 g/mol. The van der Waals surface area contributed by atoms with Crippen LogP contribution in [0.15, 0.2) is 0 Å². The monoisotopic (exact) mass is 446 g/mol. The van der Waals surface area contributed by atoms with Gasteiger partial charge >= 0.3 is 0 Å². The van der Waals surface area contributed by atoms with Gasteiger partial charge in [0, 0.05) is 6.42 Å². The molecule has 0 aromatic heterocycles. The summed E-state index contributed by atoms with van der Waals surface area (Å²) in [7, 11) is 0. The topological polar surface area (TPSA) is 55.4 Å². The van der Waals surface area contributed by atoms with Gasteiger partial charge in [-0.15, -0.1) is 0 Å². The van der Waals surface area contributed by atoms with Gasteiger partial charge in [0.05, 0.1) is 16.8 Å². The first-order valence-electron chi connectivity index (χ1n) is 12.1. The van der Waals surface area contributed by atoms with Crippen LogP contribution in [-0.4, -0.2) is 28.7 Å². The lowest BCUT2D eigenvalue weighted by molar-refractivity contribution is -0.586. The molecular weight excluding hydrogens is 396 g/mol. The molecular formula is C25H50O6. The Morgan fingerprint density at radius 3 is 1.58 bits per heavy atom. The molecule has 186 valence electrons. The zero-order valence-corrected chi connectivity index (χ0v) is 22.3. The fourth-order valence-electron chi connectivity index (χ4n) is 4.48. The van der Waals surface area contributed by atoms with Crippen molar-refractivity contribution in [3.63, 3.8) is 0 Å². The second kappa shape index (κ2) is 10.8. The molecule has 6 nitrogen and oxygen atoms in total. The molecule has 2 unspecified atom stereocenters. The number of hydrogen-bond donors (Lipinski definition) is 0. The van der Waals surface area contributed by atoms with Crippen LogP contribution in [0, 0.1) is 11.3 Å². The van der Waals surface area contributed by atoms with Gasteiger partial charge in [-0.05, 0) is 79.1 Å². The second-order valence-electron chi connectivity index (χ2n) is 12.3. The Morgan fingerprint density at radius 2 is 1.19 bits per heavy atom. The van der Waals surface area contributed by atoms with Gasteiger partial charge in [-0.2, -0.15) is 9.78 Å². The van der Waals surface area contributed by atoms with Crippen LogP contribution in [0.4, 0.5) is 0 Å². The Labute approximate surface area is 191 Å². The van der Waals surface area contributed by atoms with Gasteiger partial charge in [0.25, 0.3) is 5.79 Å². The summed E-state index contributed by atoms with van der Waals surface area (Å²) in [4.78, 5) is 36.2. The molecule has 1 fully saturated rings. The van der Waals surface area contributed by atoms with E-state index in [1.165, 1.54) is 0 Å². The molecule has 0 bridgehead atoms. The van der Waals surface area contributed by atoms with E-state index in [2.05, 4.69) is 34.6 Å². The number of hydrogen-bond acceptors (Lipinski definition) is 6. The first-order chi connectivity index (χ1) is 14.0. The van der Waals surface area contributed by atoms with Crippen molar-refractivity contribution in [3.05, 3.63) is 0 Å². The molecule has 6 heteroatoms. The third-order valence-corrected chi connectivity index (χ3v) is 5.53. The molecule has 2 atom stereocenters. The fourth-order valence-corrected chi connectivity index (χ4v) is 4.48. The maximum atomic E-state index is 6.19. The molecule has 1 rings (SSSR count). The first-order valence-corrected chi connectivity index (χ1v) is 12.1. The molecule has 31 heavy (non-hydrogen) atoms. The lowest BCUT2D eigenvalue weighted by Crippen LogP contribution is -2.61. The Hall–Kier alpha value is -0.240. The van der Waals surface area contributed by atoms with Crippen LogP contribution in [-0.2, 0) is 29.3 Å². The average Bonchev–Trinajstić information content (AvgIpc) is 2.56. The molecule has 0 aliphatic heterocycles. The van der Waals surface area contributed by atoms with Gasteiger partial charge in [0.15, 0.2) is 6.10 Å². The van der Waals surface area contributed by atoms with E-state index in [-0.39, 0.29) is 5.41 Å². The normalized spacial score (nSPS) is 24.4. The molecule has 0 heterocycles. The lowest BCUT2D eigenvalue weighted by atomic mass is 9.67. The quantitative estimate of drug-likeness (QED) is 0.178. The summed E-state index contributed by atoms with van der Waals surface area (Å²) >= 11 is 0. The Balaban J connectivity index is 3.30. The molecule has 0 spiro atoms. The SMILES string of the molecule is CCCC(C)(C)OOC1(OOC(C)(C)CCC)CC(C)CC(C)(C)C1OOC(C)(C)C. The zero-order chi connectivity index (χ0) is 24.1. The summed E-state index contributed by atoms with van der Waals surface area (Å²) in [5.74, 6) is -0.942. The molecule has 0 saturated heterocycles. The van der Waals surface area contributed by atoms with Crippen molar-refractivity contribution in [2.45, 2.75) is 150 Å². The Kier molecular flexibility index (Phi) is 10.0. The van der Waals surface area contributed by atoms with Gasteiger partial charge < -0.3 is 0 Å². The smallest absolute Gasteiger partial charge is 0.230 e. The van der Waals surface area contributed by atoms with Gasteiger partial charge in [-0.1, -0.05) is 47.5 Å². The standard InChI is InChI=1S/C25H50O6/c1-13-15-23(9,10)28-30-25(31-29-24(11,12)16-14-2)18-19(3)17-22(7,8)20(25)26-27-21(4,5)6/h19-20H,13-18H2,1-12H3. The van der Waals surface area contributed by atoms with E-state index in [0.29, 0.717) is 12.3 Å². The van der Waals surface area contributed by atoms with Crippen LogP contribution in [0.3, 0.4) is 0 Å². The molecule has 0 N–H and O–H groups in total.